The Morgan fingerprint density at radius 1 is 1.61 bits per heavy atom. The molecule has 0 saturated carbocycles. The Morgan fingerprint density at radius 2 is 2.33 bits per heavy atom. The summed E-state index contributed by atoms with van der Waals surface area (Å²) in [7, 11) is 1.29. The number of methoxy groups -OCH3 is 1. The molecule has 0 bridgehead atoms. The van der Waals surface area contributed by atoms with Gasteiger partial charge in [-0.2, -0.15) is 0 Å². The molecule has 98 valence electrons. The smallest absolute Gasteiger partial charge is 0.351 e. The third kappa shape index (κ3) is 2.41. The number of anilines is 1. The number of halogens is 1. The number of aromatic nitrogens is 1. The van der Waals surface area contributed by atoms with E-state index in [0.29, 0.717) is 24.6 Å². The van der Waals surface area contributed by atoms with Gasteiger partial charge in [-0.1, -0.05) is 22.9 Å². The molecular weight excluding hydrogens is 278 g/mol. The van der Waals surface area contributed by atoms with E-state index in [1.807, 2.05) is 4.90 Å². The number of carbonyl (C=O) groups excluding carboxylic acids is 2. The van der Waals surface area contributed by atoms with Crippen LogP contribution in [0, 0.1) is 5.92 Å². The van der Waals surface area contributed by atoms with Gasteiger partial charge in [0.05, 0.1) is 13.0 Å². The largest absolute Gasteiger partial charge is 0.465 e. The number of ether oxygens (including phenoxy) is 1. The fourth-order valence-electron chi connectivity index (χ4n) is 1.81. The lowest BCUT2D eigenvalue weighted by atomic mass is 10.1. The van der Waals surface area contributed by atoms with Crippen LogP contribution in [-0.2, 0) is 9.53 Å². The van der Waals surface area contributed by atoms with Gasteiger partial charge < -0.3 is 15.4 Å². The molecule has 1 aromatic heterocycles. The van der Waals surface area contributed by atoms with Crippen LogP contribution in [-0.4, -0.2) is 37.1 Å². The lowest BCUT2D eigenvalue weighted by Gasteiger charge is -2.13. The molecule has 1 aliphatic rings. The molecular formula is C10H12ClN3O3S. The minimum Gasteiger partial charge on any atom is -0.465 e. The second-order valence-corrected chi connectivity index (χ2v) is 5.28. The van der Waals surface area contributed by atoms with E-state index in [2.05, 4.69) is 9.72 Å². The standard InChI is InChI=1S/C10H12ClN3O3S/c1-17-9(16)6-7(11)13-10(18-6)14-3-2-5(4-14)8(12)15/h5H,2-4H2,1H3,(H2,12,15). The first-order valence-corrected chi connectivity index (χ1v) is 6.51. The van der Waals surface area contributed by atoms with Crippen molar-refractivity contribution in [3.8, 4) is 0 Å². The topological polar surface area (TPSA) is 85.5 Å². The van der Waals surface area contributed by atoms with E-state index in [9.17, 15) is 9.59 Å². The maximum Gasteiger partial charge on any atom is 0.351 e. The summed E-state index contributed by atoms with van der Waals surface area (Å²) in [6.07, 6.45) is 0.695. The van der Waals surface area contributed by atoms with Crippen molar-refractivity contribution in [1.29, 1.82) is 0 Å². The zero-order chi connectivity index (χ0) is 13.3. The molecule has 18 heavy (non-hydrogen) atoms. The van der Waals surface area contributed by atoms with Crippen LogP contribution in [0.3, 0.4) is 0 Å². The van der Waals surface area contributed by atoms with E-state index < -0.39 is 5.97 Å². The first-order chi connectivity index (χ1) is 8.52. The first-order valence-electron chi connectivity index (χ1n) is 5.31. The van der Waals surface area contributed by atoms with Gasteiger partial charge >= 0.3 is 5.97 Å². The van der Waals surface area contributed by atoms with Crippen LogP contribution in [0.5, 0.6) is 0 Å². The van der Waals surface area contributed by atoms with Gasteiger partial charge in [0.1, 0.15) is 0 Å². The van der Waals surface area contributed by atoms with Gasteiger partial charge in [-0.3, -0.25) is 4.79 Å². The molecule has 1 aromatic rings. The molecule has 2 heterocycles. The molecule has 6 nitrogen and oxygen atoms in total. The van der Waals surface area contributed by atoms with Crippen molar-refractivity contribution in [3.63, 3.8) is 0 Å². The highest BCUT2D eigenvalue weighted by Crippen LogP contribution is 2.33. The van der Waals surface area contributed by atoms with E-state index in [4.69, 9.17) is 17.3 Å². The van der Waals surface area contributed by atoms with Gasteiger partial charge in [-0.15, -0.1) is 0 Å². The summed E-state index contributed by atoms with van der Waals surface area (Å²) in [6, 6.07) is 0. The quantitative estimate of drug-likeness (QED) is 0.836. The summed E-state index contributed by atoms with van der Waals surface area (Å²) in [4.78, 5) is 28.8. The summed E-state index contributed by atoms with van der Waals surface area (Å²) in [6.45, 7) is 1.19. The molecule has 1 atom stereocenters. The van der Waals surface area contributed by atoms with Crippen LogP contribution in [0.2, 0.25) is 5.15 Å². The van der Waals surface area contributed by atoms with Gasteiger partial charge in [0.25, 0.3) is 0 Å². The van der Waals surface area contributed by atoms with Crippen molar-refractivity contribution in [2.45, 2.75) is 6.42 Å². The Labute approximate surface area is 113 Å². The zero-order valence-electron chi connectivity index (χ0n) is 9.68. The molecule has 0 spiro atoms. The predicted molar refractivity (Wildman–Crippen MR) is 68.0 cm³/mol. The van der Waals surface area contributed by atoms with E-state index in [0.717, 1.165) is 11.3 Å². The molecule has 1 aliphatic heterocycles. The van der Waals surface area contributed by atoms with E-state index in [1.165, 1.54) is 7.11 Å². The van der Waals surface area contributed by atoms with Gasteiger partial charge in [-0.05, 0) is 6.42 Å². The lowest BCUT2D eigenvalue weighted by Crippen LogP contribution is -2.27. The van der Waals surface area contributed by atoms with E-state index in [1.54, 1.807) is 0 Å². The van der Waals surface area contributed by atoms with Gasteiger partial charge in [-0.25, -0.2) is 9.78 Å². The zero-order valence-corrected chi connectivity index (χ0v) is 11.3. The Morgan fingerprint density at radius 3 is 2.89 bits per heavy atom. The number of carbonyl (C=O) groups is 2. The molecule has 1 fully saturated rings. The van der Waals surface area contributed by atoms with Crippen molar-refractivity contribution in [1.82, 2.24) is 4.98 Å². The van der Waals surface area contributed by atoms with Crippen molar-refractivity contribution in [3.05, 3.63) is 10.0 Å². The highest BCUT2D eigenvalue weighted by atomic mass is 35.5. The van der Waals surface area contributed by atoms with Crippen molar-refractivity contribution < 1.29 is 14.3 Å². The Balaban J connectivity index is 2.16. The average Bonchev–Trinajstić information content (AvgIpc) is 2.94. The molecule has 2 rings (SSSR count). The van der Waals surface area contributed by atoms with Crippen molar-refractivity contribution in [2.75, 3.05) is 25.1 Å². The number of primary amides is 1. The van der Waals surface area contributed by atoms with Gasteiger partial charge in [0.2, 0.25) is 5.91 Å². The summed E-state index contributed by atoms with van der Waals surface area (Å²) in [5.74, 6) is -0.989. The predicted octanol–water partition coefficient (Wildman–Crippen LogP) is 0.895. The summed E-state index contributed by atoms with van der Waals surface area (Å²) < 4.78 is 4.61. The molecule has 0 aliphatic carbocycles. The Hall–Kier alpha value is -1.34. The summed E-state index contributed by atoms with van der Waals surface area (Å²) in [5, 5.41) is 0.744. The van der Waals surface area contributed by atoms with Crippen LogP contribution >= 0.6 is 22.9 Å². The summed E-state index contributed by atoms with van der Waals surface area (Å²) >= 11 is 7.04. The van der Waals surface area contributed by atoms with Crippen molar-refractivity contribution >= 4 is 39.9 Å². The second-order valence-electron chi connectivity index (χ2n) is 3.94. The number of thiazole rings is 1. The minimum absolute atomic E-state index is 0.129. The number of nitrogens with zero attached hydrogens (tertiary/aromatic N) is 2. The number of hydrogen-bond donors (Lipinski definition) is 1. The number of amides is 1. The second kappa shape index (κ2) is 5.11. The monoisotopic (exact) mass is 289 g/mol. The molecule has 2 N–H and O–H groups in total. The highest BCUT2D eigenvalue weighted by Gasteiger charge is 2.29. The summed E-state index contributed by atoms with van der Waals surface area (Å²) in [5.41, 5.74) is 5.26. The third-order valence-corrected chi connectivity index (χ3v) is 4.29. The van der Waals surface area contributed by atoms with Crippen LogP contribution in [0.1, 0.15) is 16.1 Å². The number of nitrogens with two attached hydrogens (primary N) is 1. The van der Waals surface area contributed by atoms with E-state index >= 15 is 0 Å². The van der Waals surface area contributed by atoms with Gasteiger partial charge in [0, 0.05) is 13.1 Å². The average molecular weight is 290 g/mol. The maximum atomic E-state index is 11.4. The van der Waals surface area contributed by atoms with Crippen LogP contribution in [0.4, 0.5) is 5.13 Å². The van der Waals surface area contributed by atoms with E-state index in [-0.39, 0.29) is 21.9 Å². The molecule has 8 heteroatoms. The van der Waals surface area contributed by atoms with Crippen LogP contribution in [0.25, 0.3) is 0 Å². The minimum atomic E-state index is -0.505. The number of esters is 1. The highest BCUT2D eigenvalue weighted by molar-refractivity contribution is 7.18. The Bertz CT molecular complexity index is 491. The van der Waals surface area contributed by atoms with Crippen molar-refractivity contribution in [2.24, 2.45) is 11.7 Å². The number of hydrogen-bond acceptors (Lipinski definition) is 6. The number of rotatable bonds is 3. The maximum absolute atomic E-state index is 11.4. The normalized spacial score (nSPS) is 19.0. The molecule has 1 unspecified atom stereocenters. The third-order valence-electron chi connectivity index (χ3n) is 2.81. The van der Waals surface area contributed by atoms with Gasteiger partial charge in [0.15, 0.2) is 15.2 Å². The lowest BCUT2D eigenvalue weighted by molar-refractivity contribution is -0.121. The Kier molecular flexibility index (Phi) is 3.72. The van der Waals surface area contributed by atoms with Crippen LogP contribution < -0.4 is 10.6 Å². The fourth-order valence-corrected chi connectivity index (χ4v) is 3.05. The SMILES string of the molecule is COC(=O)c1sc(N2CCC(C(N)=O)C2)nc1Cl. The molecule has 0 aromatic carbocycles. The first kappa shape index (κ1) is 13.1. The molecule has 1 saturated heterocycles. The molecule has 0 radical (unpaired) electrons. The molecule has 1 amide bonds. The van der Waals surface area contributed by atoms with Crippen LogP contribution in [0.15, 0.2) is 0 Å². The fraction of sp³-hybridized carbons (Fsp3) is 0.500.